The summed E-state index contributed by atoms with van der Waals surface area (Å²) in [4.78, 5) is 27.8. The molecule has 1 aromatic carbocycles. The largest absolute Gasteiger partial charge is 0.348 e. The van der Waals surface area contributed by atoms with E-state index in [1.807, 2.05) is 45.9 Å². The van der Waals surface area contributed by atoms with Crippen LogP contribution in [-0.2, 0) is 6.54 Å². The third-order valence-corrected chi connectivity index (χ3v) is 4.59. The number of rotatable bonds is 6. The number of H-pyrrole nitrogens is 1. The molecule has 27 heavy (non-hydrogen) atoms. The van der Waals surface area contributed by atoms with Gasteiger partial charge in [0.05, 0.1) is 0 Å². The van der Waals surface area contributed by atoms with Crippen molar-refractivity contribution in [3.8, 4) is 0 Å². The maximum absolute atomic E-state index is 12.9. The Balaban J connectivity index is 2.28. The van der Waals surface area contributed by atoms with E-state index in [-0.39, 0.29) is 18.0 Å². The normalized spacial score (nSPS) is 11.4. The van der Waals surface area contributed by atoms with Gasteiger partial charge in [-0.05, 0) is 68.9 Å². The van der Waals surface area contributed by atoms with Crippen LogP contribution in [0, 0.1) is 33.6 Å². The predicted molar refractivity (Wildman–Crippen MR) is 112 cm³/mol. The lowest BCUT2D eigenvalue weighted by molar-refractivity contribution is 0.0950. The van der Waals surface area contributed by atoms with Gasteiger partial charge in [0.15, 0.2) is 0 Å². The van der Waals surface area contributed by atoms with Crippen molar-refractivity contribution >= 4 is 12.0 Å². The summed E-state index contributed by atoms with van der Waals surface area (Å²) in [6.07, 6.45) is 5.12. The second-order valence-corrected chi connectivity index (χ2v) is 7.70. The predicted octanol–water partition coefficient (Wildman–Crippen LogP) is 4.60. The summed E-state index contributed by atoms with van der Waals surface area (Å²) in [5.41, 5.74) is 5.85. The van der Waals surface area contributed by atoms with Crippen molar-refractivity contribution in [2.24, 2.45) is 5.92 Å². The monoisotopic (exact) mass is 366 g/mol. The first-order valence-corrected chi connectivity index (χ1v) is 9.44. The molecule has 1 amide bonds. The molecule has 0 spiro atoms. The first-order chi connectivity index (χ1) is 12.7. The molecule has 0 saturated heterocycles. The molecule has 0 aliphatic rings. The van der Waals surface area contributed by atoms with Gasteiger partial charge in [-0.25, -0.2) is 0 Å². The van der Waals surface area contributed by atoms with Crippen molar-refractivity contribution in [3.63, 3.8) is 0 Å². The maximum atomic E-state index is 12.9. The number of carbonyl (C=O) groups is 1. The average molecular weight is 367 g/mol. The number of aromatic nitrogens is 1. The standard InChI is InChI=1S/C23H30N2O2/c1-14(2)8-7-9-19-16(4)10-15(3)11-20(19)22(26)24-13-21-17(5)12-18(6)25-23(21)27/h7,9-12,14H,8,13H2,1-6H3,(H,24,26)(H,25,27)/b9-7-. The second kappa shape index (κ2) is 8.85. The van der Waals surface area contributed by atoms with E-state index in [1.165, 1.54) is 0 Å². The Morgan fingerprint density at radius 2 is 1.81 bits per heavy atom. The third kappa shape index (κ3) is 5.43. The van der Waals surface area contributed by atoms with Crippen LogP contribution in [0.25, 0.3) is 6.08 Å². The highest BCUT2D eigenvalue weighted by molar-refractivity contribution is 5.98. The minimum atomic E-state index is -0.162. The number of nitrogens with one attached hydrogen (secondary N) is 2. The van der Waals surface area contributed by atoms with Gasteiger partial charge in [0.25, 0.3) is 11.5 Å². The van der Waals surface area contributed by atoms with Gasteiger partial charge >= 0.3 is 0 Å². The molecule has 0 unspecified atom stereocenters. The summed E-state index contributed by atoms with van der Waals surface area (Å²) >= 11 is 0. The Morgan fingerprint density at radius 3 is 2.44 bits per heavy atom. The van der Waals surface area contributed by atoms with E-state index >= 15 is 0 Å². The Morgan fingerprint density at radius 1 is 1.11 bits per heavy atom. The molecule has 0 fully saturated rings. The van der Waals surface area contributed by atoms with Gasteiger partial charge in [0.1, 0.15) is 0 Å². The number of allylic oxidation sites excluding steroid dienone is 1. The van der Waals surface area contributed by atoms with E-state index < -0.39 is 0 Å². The van der Waals surface area contributed by atoms with Gasteiger partial charge < -0.3 is 10.3 Å². The van der Waals surface area contributed by atoms with Gasteiger partial charge in [0.2, 0.25) is 0 Å². The molecular formula is C23H30N2O2. The lowest BCUT2D eigenvalue weighted by atomic mass is 9.97. The zero-order valence-electron chi connectivity index (χ0n) is 17.2. The van der Waals surface area contributed by atoms with E-state index in [4.69, 9.17) is 0 Å². The number of benzene rings is 1. The highest BCUT2D eigenvalue weighted by atomic mass is 16.1. The number of amides is 1. The van der Waals surface area contributed by atoms with Gasteiger partial charge in [-0.1, -0.05) is 37.6 Å². The van der Waals surface area contributed by atoms with E-state index in [2.05, 4.69) is 36.3 Å². The minimum absolute atomic E-state index is 0.148. The van der Waals surface area contributed by atoms with Crippen LogP contribution < -0.4 is 10.9 Å². The highest BCUT2D eigenvalue weighted by Crippen LogP contribution is 2.20. The number of pyridine rings is 1. The van der Waals surface area contributed by atoms with Gasteiger partial charge in [-0.15, -0.1) is 0 Å². The highest BCUT2D eigenvalue weighted by Gasteiger charge is 2.14. The van der Waals surface area contributed by atoms with Crippen molar-refractivity contribution in [1.29, 1.82) is 0 Å². The summed E-state index contributed by atoms with van der Waals surface area (Å²) in [5, 5.41) is 2.92. The first kappa shape index (κ1) is 20.7. The second-order valence-electron chi connectivity index (χ2n) is 7.70. The first-order valence-electron chi connectivity index (χ1n) is 9.44. The SMILES string of the molecule is Cc1cc(C)c(/C=C\CC(C)C)c(C(=O)NCc2c(C)cc(C)[nH]c2=O)c1. The summed E-state index contributed by atoms with van der Waals surface area (Å²) in [6.45, 7) is 12.3. The van der Waals surface area contributed by atoms with E-state index in [0.717, 1.165) is 34.4 Å². The van der Waals surface area contributed by atoms with E-state index in [9.17, 15) is 9.59 Å². The van der Waals surface area contributed by atoms with Crippen LogP contribution in [0.2, 0.25) is 0 Å². The summed E-state index contributed by atoms with van der Waals surface area (Å²) in [6, 6.07) is 5.91. The number of aromatic amines is 1. The lowest BCUT2D eigenvalue weighted by Gasteiger charge is -2.13. The van der Waals surface area contributed by atoms with Crippen LogP contribution in [0.1, 0.15) is 64.1 Å². The van der Waals surface area contributed by atoms with E-state index in [0.29, 0.717) is 17.0 Å². The average Bonchev–Trinajstić information content (AvgIpc) is 2.54. The number of carbonyl (C=O) groups excluding carboxylic acids is 1. The van der Waals surface area contributed by atoms with Gasteiger partial charge in [-0.2, -0.15) is 0 Å². The molecule has 1 heterocycles. The minimum Gasteiger partial charge on any atom is -0.348 e. The van der Waals surface area contributed by atoms with Crippen LogP contribution in [0.5, 0.6) is 0 Å². The Labute approximate surface area is 161 Å². The molecule has 0 radical (unpaired) electrons. The van der Waals surface area contributed by atoms with Crippen LogP contribution >= 0.6 is 0 Å². The molecule has 2 rings (SSSR count). The number of hydrogen-bond acceptors (Lipinski definition) is 2. The van der Waals surface area contributed by atoms with Crippen LogP contribution in [0.4, 0.5) is 0 Å². The van der Waals surface area contributed by atoms with E-state index in [1.54, 1.807) is 0 Å². The van der Waals surface area contributed by atoms with Gasteiger partial charge in [-0.3, -0.25) is 9.59 Å². The molecule has 2 aromatic rings. The van der Waals surface area contributed by atoms with Crippen molar-refractivity contribution in [2.45, 2.75) is 54.5 Å². The molecule has 1 aromatic heterocycles. The maximum Gasteiger partial charge on any atom is 0.253 e. The third-order valence-electron chi connectivity index (χ3n) is 4.59. The molecule has 2 N–H and O–H groups in total. The molecule has 0 atom stereocenters. The zero-order chi connectivity index (χ0) is 20.1. The van der Waals surface area contributed by atoms with Crippen LogP contribution in [0.15, 0.2) is 29.1 Å². The van der Waals surface area contributed by atoms with Crippen molar-refractivity contribution < 1.29 is 4.79 Å². The zero-order valence-corrected chi connectivity index (χ0v) is 17.2. The Hall–Kier alpha value is -2.62. The summed E-state index contributed by atoms with van der Waals surface area (Å²) < 4.78 is 0. The van der Waals surface area contributed by atoms with Crippen molar-refractivity contribution in [1.82, 2.24) is 10.3 Å². The van der Waals surface area contributed by atoms with Crippen LogP contribution in [0.3, 0.4) is 0 Å². The molecule has 4 nitrogen and oxygen atoms in total. The summed E-state index contributed by atoms with van der Waals surface area (Å²) in [5.74, 6) is 0.408. The Kier molecular flexibility index (Phi) is 6.78. The molecule has 0 aliphatic carbocycles. The fourth-order valence-electron chi connectivity index (χ4n) is 3.21. The Bertz CT molecular complexity index is 921. The molecule has 4 heteroatoms. The fraction of sp³-hybridized carbons (Fsp3) is 0.391. The van der Waals surface area contributed by atoms with Gasteiger partial charge in [0, 0.05) is 23.4 Å². The molecule has 0 saturated carbocycles. The number of aryl methyl sites for hydroxylation is 4. The summed E-state index contributed by atoms with van der Waals surface area (Å²) in [7, 11) is 0. The molecule has 0 bridgehead atoms. The quantitative estimate of drug-likeness (QED) is 0.785. The lowest BCUT2D eigenvalue weighted by Crippen LogP contribution is -2.28. The molecule has 144 valence electrons. The molecule has 0 aliphatic heterocycles. The van der Waals surface area contributed by atoms with Crippen LogP contribution in [-0.4, -0.2) is 10.9 Å². The number of hydrogen-bond donors (Lipinski definition) is 2. The van der Waals surface area contributed by atoms with Crippen molar-refractivity contribution in [2.75, 3.05) is 0 Å². The smallest absolute Gasteiger partial charge is 0.253 e. The van der Waals surface area contributed by atoms with Crippen molar-refractivity contribution in [3.05, 3.63) is 73.7 Å². The molecular weight excluding hydrogens is 336 g/mol. The fourth-order valence-corrected chi connectivity index (χ4v) is 3.21. The topological polar surface area (TPSA) is 62.0 Å².